The molecule has 5 rings (SSSR count). The van der Waals surface area contributed by atoms with Crippen molar-refractivity contribution in [3.8, 4) is 0 Å². The number of halogens is 1. The Labute approximate surface area is 178 Å². The number of nitrogens with zero attached hydrogens (tertiary/aromatic N) is 3. The Morgan fingerprint density at radius 2 is 1.67 bits per heavy atom. The van der Waals surface area contributed by atoms with E-state index in [1.54, 1.807) is 35.7 Å². The summed E-state index contributed by atoms with van der Waals surface area (Å²) in [6, 6.07) is 17.9. The van der Waals surface area contributed by atoms with Gasteiger partial charge in [-0.1, -0.05) is 35.9 Å². The predicted molar refractivity (Wildman–Crippen MR) is 113 cm³/mol. The van der Waals surface area contributed by atoms with Crippen LogP contribution in [0.1, 0.15) is 17.2 Å². The van der Waals surface area contributed by atoms with E-state index in [1.165, 1.54) is 4.90 Å². The minimum absolute atomic E-state index is 0.301. The lowest BCUT2D eigenvalue weighted by molar-refractivity contribution is -0.126. The molecule has 0 bridgehead atoms. The molecule has 0 unspecified atom stereocenters. The molecule has 3 aromatic rings. The van der Waals surface area contributed by atoms with Crippen LogP contribution in [0.25, 0.3) is 0 Å². The number of benzene rings is 2. The van der Waals surface area contributed by atoms with Gasteiger partial charge in [0.05, 0.1) is 17.4 Å². The second-order valence-corrected chi connectivity index (χ2v) is 7.79. The van der Waals surface area contributed by atoms with E-state index in [4.69, 9.17) is 16.4 Å². The van der Waals surface area contributed by atoms with Crippen molar-refractivity contribution >= 4 is 34.8 Å². The van der Waals surface area contributed by atoms with Crippen molar-refractivity contribution in [1.29, 1.82) is 0 Å². The molecule has 0 spiro atoms. The molecule has 2 aliphatic heterocycles. The maximum atomic E-state index is 13.5. The largest absolute Gasteiger partial charge is 0.273 e. The van der Waals surface area contributed by atoms with Gasteiger partial charge in [-0.15, -0.1) is 0 Å². The number of anilines is 2. The van der Waals surface area contributed by atoms with Crippen LogP contribution in [-0.4, -0.2) is 22.9 Å². The number of fused-ring (bicyclic) bond motifs is 1. The number of para-hydroxylation sites is 1. The third-order valence-corrected chi connectivity index (χ3v) is 5.99. The molecule has 150 valence electrons. The first-order valence-electron chi connectivity index (χ1n) is 9.61. The summed E-state index contributed by atoms with van der Waals surface area (Å²) in [4.78, 5) is 38.1. The fourth-order valence-corrected chi connectivity index (χ4v) is 4.26. The second-order valence-electron chi connectivity index (χ2n) is 7.38. The number of aryl methyl sites for hydroxylation is 1. The lowest BCUT2D eigenvalue weighted by Crippen LogP contribution is -2.37. The van der Waals surface area contributed by atoms with E-state index in [0.29, 0.717) is 10.7 Å². The molecule has 3 atom stereocenters. The number of carbonyl (C=O) groups excluding carboxylic acids is 2. The summed E-state index contributed by atoms with van der Waals surface area (Å²) < 4.78 is 0. The maximum Gasteiger partial charge on any atom is 0.266 e. The third-order valence-electron chi connectivity index (χ3n) is 5.59. The molecule has 2 aromatic carbocycles. The van der Waals surface area contributed by atoms with Gasteiger partial charge in [0.1, 0.15) is 5.92 Å². The molecule has 0 N–H and O–H groups in total. The van der Waals surface area contributed by atoms with Crippen LogP contribution in [0.2, 0.25) is 5.02 Å². The van der Waals surface area contributed by atoms with Crippen molar-refractivity contribution < 1.29 is 14.4 Å². The zero-order chi connectivity index (χ0) is 20.8. The SMILES string of the molecule is Cc1ccc(N2C(=O)[C@H]3[C@@H](c4ccncc4)N(c4ccccc4)O[C@H]3C2=O)cc1Cl. The van der Waals surface area contributed by atoms with Crippen LogP contribution in [-0.2, 0) is 14.4 Å². The highest BCUT2D eigenvalue weighted by atomic mass is 35.5. The minimum atomic E-state index is -0.907. The van der Waals surface area contributed by atoms with Crippen LogP contribution in [0.5, 0.6) is 0 Å². The lowest BCUT2D eigenvalue weighted by Gasteiger charge is -2.28. The van der Waals surface area contributed by atoms with Gasteiger partial charge in [-0.3, -0.25) is 19.4 Å². The zero-order valence-corrected chi connectivity index (χ0v) is 16.9. The first kappa shape index (κ1) is 18.8. The van der Waals surface area contributed by atoms with Crippen LogP contribution >= 0.6 is 11.6 Å². The van der Waals surface area contributed by atoms with Crippen LogP contribution in [0.3, 0.4) is 0 Å². The Morgan fingerprint density at radius 3 is 2.37 bits per heavy atom. The quantitative estimate of drug-likeness (QED) is 0.598. The number of amides is 2. The molecule has 2 fully saturated rings. The van der Waals surface area contributed by atoms with Crippen LogP contribution in [0.15, 0.2) is 73.1 Å². The summed E-state index contributed by atoms with van der Waals surface area (Å²) >= 11 is 6.24. The minimum Gasteiger partial charge on any atom is -0.273 e. The number of carbonyl (C=O) groups is 2. The van der Waals surface area contributed by atoms with Crippen LogP contribution in [0, 0.1) is 12.8 Å². The predicted octanol–water partition coefficient (Wildman–Crippen LogP) is 4.09. The number of imide groups is 1. The monoisotopic (exact) mass is 419 g/mol. The van der Waals surface area contributed by atoms with Crippen molar-refractivity contribution in [2.75, 3.05) is 9.96 Å². The molecule has 2 aliphatic rings. The Bertz CT molecular complexity index is 1120. The first-order valence-corrected chi connectivity index (χ1v) is 9.99. The standard InChI is InChI=1S/C23H18ClN3O3/c1-14-7-8-17(13-18(14)24)26-22(28)19-20(15-9-11-25-12-10-15)27(30-21(19)23(26)29)16-5-3-2-4-6-16/h2-13,19-21H,1H3/t19-,20+,21+/m0/s1. The first-order chi connectivity index (χ1) is 14.6. The van der Waals surface area contributed by atoms with E-state index in [2.05, 4.69) is 4.98 Å². The second kappa shape index (κ2) is 7.23. The van der Waals surface area contributed by atoms with Gasteiger partial charge in [-0.25, -0.2) is 9.96 Å². The van der Waals surface area contributed by atoms with E-state index < -0.39 is 18.1 Å². The molecule has 2 saturated heterocycles. The molecule has 1 aromatic heterocycles. The summed E-state index contributed by atoms with van der Waals surface area (Å²) in [6.45, 7) is 1.87. The van der Waals surface area contributed by atoms with Gasteiger partial charge < -0.3 is 0 Å². The highest BCUT2D eigenvalue weighted by Crippen LogP contribution is 2.47. The third kappa shape index (κ3) is 2.88. The molecular formula is C23H18ClN3O3. The van der Waals surface area contributed by atoms with Gasteiger partial charge in [-0.05, 0) is 54.4 Å². The van der Waals surface area contributed by atoms with Crippen molar-refractivity contribution in [1.82, 2.24) is 4.98 Å². The van der Waals surface area contributed by atoms with Crippen LogP contribution in [0.4, 0.5) is 11.4 Å². The highest BCUT2D eigenvalue weighted by Gasteiger charge is 2.60. The van der Waals surface area contributed by atoms with Gasteiger partial charge in [0.2, 0.25) is 5.91 Å². The number of aromatic nitrogens is 1. The molecule has 3 heterocycles. The number of hydroxylamine groups is 1. The average Bonchev–Trinajstić information content (AvgIpc) is 3.28. The number of rotatable bonds is 3. The van der Waals surface area contributed by atoms with Crippen molar-refractivity contribution in [2.45, 2.75) is 19.1 Å². The van der Waals surface area contributed by atoms with Gasteiger partial charge in [-0.2, -0.15) is 0 Å². The summed E-state index contributed by atoms with van der Waals surface area (Å²) in [5.41, 5.74) is 2.96. The van der Waals surface area contributed by atoms with E-state index in [-0.39, 0.29) is 11.8 Å². The summed E-state index contributed by atoms with van der Waals surface area (Å²) in [5.74, 6) is -1.37. The number of hydrogen-bond donors (Lipinski definition) is 0. The maximum absolute atomic E-state index is 13.5. The molecule has 0 saturated carbocycles. The lowest BCUT2D eigenvalue weighted by atomic mass is 9.91. The van der Waals surface area contributed by atoms with Gasteiger partial charge in [0.25, 0.3) is 5.91 Å². The Balaban J connectivity index is 1.58. The zero-order valence-electron chi connectivity index (χ0n) is 16.1. The smallest absolute Gasteiger partial charge is 0.266 e. The number of pyridine rings is 1. The molecule has 0 aliphatic carbocycles. The van der Waals surface area contributed by atoms with Crippen molar-refractivity contribution in [2.24, 2.45) is 5.92 Å². The topological polar surface area (TPSA) is 62.7 Å². The summed E-state index contributed by atoms with van der Waals surface area (Å²) in [7, 11) is 0. The Morgan fingerprint density at radius 1 is 0.933 bits per heavy atom. The molecule has 0 radical (unpaired) electrons. The fraction of sp³-hybridized carbons (Fsp3) is 0.174. The normalized spacial score (nSPS) is 23.2. The van der Waals surface area contributed by atoms with Gasteiger partial charge in [0, 0.05) is 17.4 Å². The van der Waals surface area contributed by atoms with E-state index in [9.17, 15) is 9.59 Å². The highest BCUT2D eigenvalue weighted by molar-refractivity contribution is 6.32. The average molecular weight is 420 g/mol. The molecule has 6 nitrogen and oxygen atoms in total. The van der Waals surface area contributed by atoms with Gasteiger partial charge in [0.15, 0.2) is 6.10 Å². The Kier molecular flexibility index (Phi) is 4.53. The molecule has 2 amide bonds. The van der Waals surface area contributed by atoms with Crippen molar-refractivity contribution in [3.63, 3.8) is 0 Å². The molecular weight excluding hydrogens is 402 g/mol. The fourth-order valence-electron chi connectivity index (χ4n) is 4.09. The van der Waals surface area contributed by atoms with Crippen molar-refractivity contribution in [3.05, 3.63) is 89.2 Å². The Hall–Kier alpha value is -3.22. The van der Waals surface area contributed by atoms with Gasteiger partial charge >= 0.3 is 0 Å². The van der Waals surface area contributed by atoms with E-state index in [1.807, 2.05) is 49.4 Å². The molecule has 7 heteroatoms. The van der Waals surface area contributed by atoms with E-state index >= 15 is 0 Å². The molecule has 30 heavy (non-hydrogen) atoms. The van der Waals surface area contributed by atoms with E-state index in [0.717, 1.165) is 16.8 Å². The number of hydrogen-bond acceptors (Lipinski definition) is 5. The van der Waals surface area contributed by atoms with Crippen LogP contribution < -0.4 is 9.96 Å². The summed E-state index contributed by atoms with van der Waals surface area (Å²) in [6.07, 6.45) is 2.44. The summed E-state index contributed by atoms with van der Waals surface area (Å²) in [5, 5.41) is 2.17.